The number of fused-ring (bicyclic) bond motifs is 1. The third-order valence-corrected chi connectivity index (χ3v) is 5.61. The molecule has 0 spiro atoms. The molecule has 0 saturated carbocycles. The molecule has 2 aliphatic rings. The number of imide groups is 1. The number of benzene rings is 1. The smallest absolute Gasteiger partial charge is 0.267 e. The lowest BCUT2D eigenvalue weighted by Crippen LogP contribution is -2.52. The number of carbonyl (C=O) groups is 4. The molecule has 1 aromatic carbocycles. The number of hydrogen-bond acceptors (Lipinski definition) is 7. The first-order valence-corrected chi connectivity index (χ1v) is 9.88. The van der Waals surface area contributed by atoms with Crippen molar-refractivity contribution in [3.63, 3.8) is 0 Å². The number of piperidine rings is 1. The molecule has 11 nitrogen and oxygen atoms in total. The SMILES string of the molecule is NC(=O)c1cc(-n2cc(-c3cccc4c3CN(C3CCC(=O)NC3=O)C4=O)nn2)ccn1. The monoisotopic (exact) mass is 431 g/mol. The van der Waals surface area contributed by atoms with Crippen molar-refractivity contribution in [3.05, 3.63) is 59.5 Å². The summed E-state index contributed by atoms with van der Waals surface area (Å²) in [5.74, 6) is -1.70. The fourth-order valence-electron chi connectivity index (χ4n) is 4.04. The Morgan fingerprint density at radius 2 is 1.97 bits per heavy atom. The Kier molecular flexibility index (Phi) is 4.51. The van der Waals surface area contributed by atoms with Crippen LogP contribution in [-0.2, 0) is 16.1 Å². The zero-order valence-corrected chi connectivity index (χ0v) is 16.7. The number of nitrogens with two attached hydrogens (primary N) is 1. The minimum atomic E-state index is -0.694. The maximum atomic E-state index is 13.0. The molecule has 2 aliphatic heterocycles. The van der Waals surface area contributed by atoms with Crippen molar-refractivity contribution in [1.82, 2.24) is 30.2 Å². The highest BCUT2D eigenvalue weighted by Crippen LogP contribution is 2.34. The van der Waals surface area contributed by atoms with Crippen LogP contribution in [0.2, 0.25) is 0 Å². The van der Waals surface area contributed by atoms with E-state index in [1.165, 1.54) is 21.8 Å². The molecule has 4 amide bonds. The van der Waals surface area contributed by atoms with Gasteiger partial charge in [-0.25, -0.2) is 4.68 Å². The zero-order chi connectivity index (χ0) is 22.4. The Bertz CT molecular complexity index is 1300. The van der Waals surface area contributed by atoms with Crippen molar-refractivity contribution in [2.75, 3.05) is 0 Å². The van der Waals surface area contributed by atoms with Crippen LogP contribution in [0.15, 0.2) is 42.7 Å². The van der Waals surface area contributed by atoms with E-state index in [1.807, 2.05) is 6.07 Å². The van der Waals surface area contributed by atoms with Gasteiger partial charge in [0.05, 0.1) is 11.9 Å². The summed E-state index contributed by atoms with van der Waals surface area (Å²) in [5, 5.41) is 10.6. The summed E-state index contributed by atoms with van der Waals surface area (Å²) in [7, 11) is 0. The Hall–Kier alpha value is -4.41. The van der Waals surface area contributed by atoms with Gasteiger partial charge in [0.2, 0.25) is 11.8 Å². The first-order valence-electron chi connectivity index (χ1n) is 9.88. The summed E-state index contributed by atoms with van der Waals surface area (Å²) in [6.45, 7) is 0.227. The van der Waals surface area contributed by atoms with E-state index in [0.717, 1.165) is 5.56 Å². The molecule has 11 heteroatoms. The van der Waals surface area contributed by atoms with Gasteiger partial charge < -0.3 is 10.6 Å². The standard InChI is InChI=1S/C21H17N7O4/c22-19(30)15-8-11(6-7-23-15)28-10-16(25-26-28)12-2-1-3-13-14(12)9-27(21(13)32)17-4-5-18(29)24-20(17)31/h1-3,6-8,10,17H,4-5,9H2,(H2,22,30)(H,24,29,31). The van der Waals surface area contributed by atoms with E-state index < -0.39 is 17.9 Å². The van der Waals surface area contributed by atoms with Crippen LogP contribution in [0, 0.1) is 0 Å². The molecule has 1 saturated heterocycles. The van der Waals surface area contributed by atoms with Crippen LogP contribution >= 0.6 is 0 Å². The molecule has 3 N–H and O–H groups in total. The van der Waals surface area contributed by atoms with Crippen molar-refractivity contribution in [2.24, 2.45) is 5.73 Å². The van der Waals surface area contributed by atoms with Gasteiger partial charge in [0.25, 0.3) is 11.8 Å². The second kappa shape index (κ2) is 7.38. The third-order valence-electron chi connectivity index (χ3n) is 5.61. The first-order chi connectivity index (χ1) is 15.4. The van der Waals surface area contributed by atoms with E-state index in [0.29, 0.717) is 28.9 Å². The summed E-state index contributed by atoms with van der Waals surface area (Å²) in [4.78, 5) is 53.6. The van der Waals surface area contributed by atoms with Crippen LogP contribution in [0.25, 0.3) is 16.9 Å². The highest BCUT2D eigenvalue weighted by molar-refractivity contribution is 6.06. The molecule has 0 radical (unpaired) electrons. The van der Waals surface area contributed by atoms with Gasteiger partial charge in [-0.1, -0.05) is 17.3 Å². The highest BCUT2D eigenvalue weighted by Gasteiger charge is 2.40. The lowest BCUT2D eigenvalue weighted by Gasteiger charge is -2.29. The minimum absolute atomic E-state index is 0.102. The van der Waals surface area contributed by atoms with Crippen LogP contribution < -0.4 is 11.1 Å². The second-order valence-electron chi connectivity index (χ2n) is 7.54. The third kappa shape index (κ3) is 3.20. The normalized spacial score (nSPS) is 17.9. The van der Waals surface area contributed by atoms with Crippen LogP contribution in [0.1, 0.15) is 39.3 Å². The molecule has 2 aromatic heterocycles. The van der Waals surface area contributed by atoms with Gasteiger partial charge in [0, 0.05) is 30.3 Å². The average molecular weight is 431 g/mol. The number of aromatic nitrogens is 4. The van der Waals surface area contributed by atoms with Gasteiger partial charge in [-0.15, -0.1) is 5.10 Å². The molecule has 3 aromatic rings. The molecule has 1 unspecified atom stereocenters. The fraction of sp³-hybridized carbons (Fsp3) is 0.190. The molecule has 5 rings (SSSR count). The summed E-state index contributed by atoms with van der Waals surface area (Å²) in [6, 6.07) is 7.76. The molecule has 1 fully saturated rings. The van der Waals surface area contributed by atoms with Crippen LogP contribution in [0.4, 0.5) is 0 Å². The topological polar surface area (TPSA) is 153 Å². The van der Waals surface area contributed by atoms with Crippen molar-refractivity contribution in [3.8, 4) is 16.9 Å². The van der Waals surface area contributed by atoms with Crippen LogP contribution in [0.5, 0.6) is 0 Å². The van der Waals surface area contributed by atoms with Gasteiger partial charge in [0.1, 0.15) is 17.4 Å². The van der Waals surface area contributed by atoms with Gasteiger partial charge in [-0.3, -0.25) is 29.5 Å². The van der Waals surface area contributed by atoms with Gasteiger partial charge in [-0.05, 0) is 30.2 Å². The molecule has 0 aliphatic carbocycles. The number of hydrogen-bond donors (Lipinski definition) is 2. The zero-order valence-electron chi connectivity index (χ0n) is 16.7. The Morgan fingerprint density at radius 3 is 2.75 bits per heavy atom. The molecule has 1 atom stereocenters. The average Bonchev–Trinajstić information content (AvgIpc) is 3.39. The van der Waals surface area contributed by atoms with E-state index in [9.17, 15) is 19.2 Å². The number of primary amides is 1. The maximum absolute atomic E-state index is 13.0. The summed E-state index contributed by atoms with van der Waals surface area (Å²) in [6.07, 6.45) is 3.61. The lowest BCUT2D eigenvalue weighted by molar-refractivity contribution is -0.136. The molecule has 4 heterocycles. The van der Waals surface area contributed by atoms with Crippen molar-refractivity contribution in [1.29, 1.82) is 0 Å². The van der Waals surface area contributed by atoms with Crippen LogP contribution in [-0.4, -0.2) is 54.5 Å². The second-order valence-corrected chi connectivity index (χ2v) is 7.54. The summed E-state index contributed by atoms with van der Waals surface area (Å²) in [5.41, 5.74) is 8.41. The number of pyridine rings is 1. The quantitative estimate of drug-likeness (QED) is 0.559. The first kappa shape index (κ1) is 19.5. The number of carbonyl (C=O) groups excluding carboxylic acids is 4. The van der Waals surface area contributed by atoms with E-state index in [4.69, 9.17) is 5.73 Å². The van der Waals surface area contributed by atoms with E-state index in [-0.39, 0.29) is 30.5 Å². The van der Waals surface area contributed by atoms with Crippen molar-refractivity contribution in [2.45, 2.75) is 25.4 Å². The number of nitrogens with one attached hydrogen (secondary N) is 1. The Labute approximate surface area is 181 Å². The molecule has 160 valence electrons. The van der Waals surface area contributed by atoms with Crippen molar-refractivity contribution >= 4 is 23.6 Å². The van der Waals surface area contributed by atoms with Gasteiger partial charge in [0.15, 0.2) is 0 Å². The number of nitrogens with zero attached hydrogens (tertiary/aromatic N) is 5. The minimum Gasteiger partial charge on any atom is -0.364 e. The number of amides is 4. The summed E-state index contributed by atoms with van der Waals surface area (Å²) >= 11 is 0. The van der Waals surface area contributed by atoms with E-state index in [1.54, 1.807) is 24.4 Å². The fourth-order valence-corrected chi connectivity index (χ4v) is 4.04. The predicted octanol–water partition coefficient (Wildman–Crippen LogP) is 0.189. The summed E-state index contributed by atoms with van der Waals surface area (Å²) < 4.78 is 1.48. The molecular formula is C21H17N7O4. The largest absolute Gasteiger partial charge is 0.364 e. The van der Waals surface area contributed by atoms with Crippen molar-refractivity contribution < 1.29 is 19.2 Å². The molecule has 0 bridgehead atoms. The molecule has 32 heavy (non-hydrogen) atoms. The van der Waals surface area contributed by atoms with E-state index in [2.05, 4.69) is 20.6 Å². The van der Waals surface area contributed by atoms with E-state index >= 15 is 0 Å². The van der Waals surface area contributed by atoms with Crippen LogP contribution in [0.3, 0.4) is 0 Å². The maximum Gasteiger partial charge on any atom is 0.267 e. The lowest BCUT2D eigenvalue weighted by atomic mass is 10.0. The Balaban J connectivity index is 1.47. The Morgan fingerprint density at radius 1 is 1.16 bits per heavy atom. The van der Waals surface area contributed by atoms with Gasteiger partial charge >= 0.3 is 0 Å². The number of rotatable bonds is 4. The highest BCUT2D eigenvalue weighted by atomic mass is 16.2. The molecular weight excluding hydrogens is 414 g/mol. The predicted molar refractivity (Wildman–Crippen MR) is 109 cm³/mol. The van der Waals surface area contributed by atoms with Gasteiger partial charge in [-0.2, -0.15) is 0 Å².